The maximum absolute atomic E-state index is 12.1. The molecule has 0 aliphatic rings. The number of nitrogens with zero attached hydrogens (tertiary/aromatic N) is 1. The van der Waals surface area contributed by atoms with E-state index in [1.165, 1.54) is 0 Å². The number of benzene rings is 1. The van der Waals surface area contributed by atoms with E-state index in [0.29, 0.717) is 31.8 Å². The Morgan fingerprint density at radius 3 is 2.40 bits per heavy atom. The van der Waals surface area contributed by atoms with Gasteiger partial charge in [-0.3, -0.25) is 4.72 Å². The molecule has 1 aromatic carbocycles. The Morgan fingerprint density at radius 2 is 1.90 bits per heavy atom. The first-order valence-corrected chi connectivity index (χ1v) is 8.68. The van der Waals surface area contributed by atoms with Crippen molar-refractivity contribution < 1.29 is 12.9 Å². The van der Waals surface area contributed by atoms with Gasteiger partial charge in [-0.15, -0.1) is 0 Å². The van der Waals surface area contributed by atoms with E-state index in [9.17, 15) is 8.42 Å². The Labute approximate surface area is 133 Å². The van der Waals surface area contributed by atoms with Gasteiger partial charge in [0.05, 0.1) is 5.69 Å². The fourth-order valence-electron chi connectivity index (χ4n) is 1.56. The Morgan fingerprint density at radius 1 is 1.30 bits per heavy atom. The molecule has 108 valence electrons. The smallest absolute Gasteiger partial charge is 0.238 e. The lowest BCUT2D eigenvalue weighted by Gasteiger charge is -2.11. The zero-order valence-electron chi connectivity index (χ0n) is 10.4. The van der Waals surface area contributed by atoms with E-state index in [-0.39, 0.29) is 5.75 Å². The highest BCUT2D eigenvalue weighted by Gasteiger charge is 2.18. The van der Waals surface area contributed by atoms with Crippen molar-refractivity contribution in [3.63, 3.8) is 0 Å². The van der Waals surface area contributed by atoms with E-state index in [1.807, 2.05) is 0 Å². The highest BCUT2D eigenvalue weighted by atomic mass is 79.9. The average molecular weight is 425 g/mol. The number of rotatable bonds is 4. The van der Waals surface area contributed by atoms with Crippen LogP contribution in [0, 0.1) is 6.92 Å². The van der Waals surface area contributed by atoms with Crippen molar-refractivity contribution in [1.82, 2.24) is 5.16 Å². The predicted molar refractivity (Wildman–Crippen MR) is 83.7 cm³/mol. The summed E-state index contributed by atoms with van der Waals surface area (Å²) in [6.45, 7) is 1.70. The van der Waals surface area contributed by atoms with Crippen LogP contribution in [0.2, 0.25) is 0 Å². The van der Waals surface area contributed by atoms with Gasteiger partial charge in [-0.25, -0.2) is 8.42 Å². The van der Waals surface area contributed by atoms with Crippen LogP contribution >= 0.6 is 31.9 Å². The standard InChI is InChI=1S/C11H11Br2N3O3S/c1-6-2-8(15-19-6)5-20(17,18)16-11-9(12)3-7(14)4-10(11)13/h2-4,16H,5,14H2,1H3. The maximum Gasteiger partial charge on any atom is 0.238 e. The molecule has 0 bridgehead atoms. The number of sulfonamides is 1. The first-order chi connectivity index (χ1) is 9.27. The summed E-state index contributed by atoms with van der Waals surface area (Å²) >= 11 is 6.54. The molecule has 9 heteroatoms. The molecule has 0 unspecified atom stereocenters. The second-order valence-electron chi connectivity index (χ2n) is 4.15. The SMILES string of the molecule is Cc1cc(CS(=O)(=O)Nc2c(Br)cc(N)cc2Br)no1. The van der Waals surface area contributed by atoms with E-state index in [2.05, 4.69) is 41.7 Å². The number of hydrogen-bond donors (Lipinski definition) is 2. The van der Waals surface area contributed by atoms with Crippen LogP contribution in [0.5, 0.6) is 0 Å². The number of aryl methyl sites for hydroxylation is 1. The van der Waals surface area contributed by atoms with Crippen molar-refractivity contribution in [2.45, 2.75) is 12.7 Å². The third-order valence-corrected chi connectivity index (χ3v) is 4.78. The summed E-state index contributed by atoms with van der Waals surface area (Å²) in [5, 5.41) is 3.66. The van der Waals surface area contributed by atoms with E-state index in [4.69, 9.17) is 10.3 Å². The van der Waals surface area contributed by atoms with Gasteiger partial charge in [0.2, 0.25) is 10.0 Å². The van der Waals surface area contributed by atoms with Crippen molar-refractivity contribution in [1.29, 1.82) is 0 Å². The Balaban J connectivity index is 2.25. The minimum Gasteiger partial charge on any atom is -0.399 e. The molecule has 1 heterocycles. The average Bonchev–Trinajstić information content (AvgIpc) is 2.68. The lowest BCUT2D eigenvalue weighted by molar-refractivity contribution is 0.392. The van der Waals surface area contributed by atoms with Crippen molar-refractivity contribution in [3.05, 3.63) is 38.6 Å². The molecule has 0 atom stereocenters. The topological polar surface area (TPSA) is 98.2 Å². The summed E-state index contributed by atoms with van der Waals surface area (Å²) in [5.41, 5.74) is 6.91. The van der Waals surface area contributed by atoms with Crippen LogP contribution < -0.4 is 10.5 Å². The second-order valence-corrected chi connectivity index (χ2v) is 7.58. The molecule has 0 saturated heterocycles. The van der Waals surface area contributed by atoms with Crippen molar-refractivity contribution in [2.75, 3.05) is 10.5 Å². The zero-order chi connectivity index (χ0) is 14.9. The monoisotopic (exact) mass is 423 g/mol. The molecule has 0 spiro atoms. The van der Waals surface area contributed by atoms with E-state index in [1.54, 1.807) is 25.1 Å². The Bertz CT molecular complexity index is 720. The van der Waals surface area contributed by atoms with Gasteiger partial charge in [-0.2, -0.15) is 0 Å². The molecule has 0 radical (unpaired) electrons. The Kier molecular flexibility index (Phi) is 4.40. The minimum absolute atomic E-state index is 0.270. The number of halogens is 2. The Hall–Kier alpha value is -1.06. The van der Waals surface area contributed by atoms with Gasteiger partial charge in [-0.05, 0) is 50.9 Å². The summed E-state index contributed by atoms with van der Waals surface area (Å²) in [4.78, 5) is 0. The quantitative estimate of drug-likeness (QED) is 0.735. The fraction of sp³-hybridized carbons (Fsp3) is 0.182. The minimum atomic E-state index is -3.61. The van der Waals surface area contributed by atoms with Crippen LogP contribution in [0.1, 0.15) is 11.5 Å². The van der Waals surface area contributed by atoms with E-state index in [0.717, 1.165) is 0 Å². The second kappa shape index (κ2) is 5.74. The van der Waals surface area contributed by atoms with Crippen molar-refractivity contribution in [2.24, 2.45) is 0 Å². The number of hydrogen-bond acceptors (Lipinski definition) is 5. The highest BCUT2D eigenvalue weighted by molar-refractivity contribution is 9.11. The summed E-state index contributed by atoms with van der Waals surface area (Å²) < 4.78 is 32.6. The van der Waals surface area contributed by atoms with Crippen LogP contribution in [0.25, 0.3) is 0 Å². The maximum atomic E-state index is 12.1. The normalized spacial score (nSPS) is 11.6. The molecule has 0 aliphatic heterocycles. The third-order valence-electron chi connectivity index (χ3n) is 2.34. The molecule has 0 fully saturated rings. The van der Waals surface area contributed by atoms with Gasteiger partial charge in [0.15, 0.2) is 0 Å². The number of nitrogens with two attached hydrogens (primary N) is 1. The molecule has 20 heavy (non-hydrogen) atoms. The number of nitrogens with one attached hydrogen (secondary N) is 1. The molecule has 6 nitrogen and oxygen atoms in total. The van der Waals surface area contributed by atoms with E-state index >= 15 is 0 Å². The van der Waals surface area contributed by atoms with Gasteiger partial charge in [-0.1, -0.05) is 5.16 Å². The molecular formula is C11H11Br2N3O3S. The molecule has 3 N–H and O–H groups in total. The molecule has 0 amide bonds. The predicted octanol–water partition coefficient (Wildman–Crippen LogP) is 3.03. The van der Waals surface area contributed by atoms with Crippen LogP contribution in [0.3, 0.4) is 0 Å². The number of nitrogen functional groups attached to an aromatic ring is 1. The van der Waals surface area contributed by atoms with Gasteiger partial charge in [0.25, 0.3) is 0 Å². The molecule has 0 aliphatic carbocycles. The summed E-state index contributed by atoms with van der Waals surface area (Å²) in [6.07, 6.45) is 0. The van der Waals surface area contributed by atoms with Crippen molar-refractivity contribution >= 4 is 53.3 Å². The highest BCUT2D eigenvalue weighted by Crippen LogP contribution is 2.34. The molecule has 0 saturated carbocycles. The summed E-state index contributed by atoms with van der Waals surface area (Å²) in [5.74, 6) is 0.290. The zero-order valence-corrected chi connectivity index (χ0v) is 14.3. The van der Waals surface area contributed by atoms with Crippen molar-refractivity contribution in [3.8, 4) is 0 Å². The number of aromatic nitrogens is 1. The molecular weight excluding hydrogens is 414 g/mol. The summed E-state index contributed by atoms with van der Waals surface area (Å²) in [6, 6.07) is 4.80. The van der Waals surface area contributed by atoms with E-state index < -0.39 is 10.0 Å². The van der Waals surface area contributed by atoms with Gasteiger partial charge < -0.3 is 10.3 Å². The third kappa shape index (κ3) is 3.74. The first kappa shape index (κ1) is 15.3. The summed E-state index contributed by atoms with van der Waals surface area (Å²) in [7, 11) is -3.61. The molecule has 1 aromatic heterocycles. The number of anilines is 2. The van der Waals surface area contributed by atoms with Crippen LogP contribution in [-0.2, 0) is 15.8 Å². The largest absolute Gasteiger partial charge is 0.399 e. The van der Waals surface area contributed by atoms with Crippen LogP contribution in [0.4, 0.5) is 11.4 Å². The van der Waals surface area contributed by atoms with Gasteiger partial charge in [0, 0.05) is 20.7 Å². The van der Waals surface area contributed by atoms with Crippen LogP contribution in [0.15, 0.2) is 31.7 Å². The molecule has 2 rings (SSSR count). The lowest BCUT2D eigenvalue weighted by Crippen LogP contribution is -2.16. The lowest BCUT2D eigenvalue weighted by atomic mass is 10.3. The van der Waals surface area contributed by atoms with Crippen LogP contribution in [-0.4, -0.2) is 13.6 Å². The van der Waals surface area contributed by atoms with Gasteiger partial charge in [0.1, 0.15) is 17.2 Å². The first-order valence-electron chi connectivity index (χ1n) is 5.44. The fourth-order valence-corrected chi connectivity index (χ4v) is 4.37. The van der Waals surface area contributed by atoms with Gasteiger partial charge >= 0.3 is 0 Å². The molecule has 2 aromatic rings.